The maximum absolute atomic E-state index is 4.57. The molecule has 4 nitrogen and oxygen atoms in total. The van der Waals surface area contributed by atoms with Gasteiger partial charge in [-0.1, -0.05) is 0 Å². The number of fused-ring (bicyclic) bond motifs is 2. The summed E-state index contributed by atoms with van der Waals surface area (Å²) in [6, 6.07) is 8.21. The van der Waals surface area contributed by atoms with E-state index in [9.17, 15) is 0 Å². The number of hydrogen-bond acceptors (Lipinski definition) is 4. The van der Waals surface area contributed by atoms with Gasteiger partial charge < -0.3 is 0 Å². The van der Waals surface area contributed by atoms with Gasteiger partial charge in [-0.3, -0.25) is 0 Å². The van der Waals surface area contributed by atoms with Gasteiger partial charge in [-0.25, -0.2) is 0 Å². The van der Waals surface area contributed by atoms with Gasteiger partial charge in [-0.05, 0) is 0 Å². The van der Waals surface area contributed by atoms with Crippen LogP contribution in [0.1, 0.15) is 0 Å². The van der Waals surface area contributed by atoms with Gasteiger partial charge >= 0.3 is 144 Å². The van der Waals surface area contributed by atoms with Crippen molar-refractivity contribution in [2.75, 3.05) is 0 Å². The number of benzene rings is 2. The molecular weight excluding hydrogens is 518 g/mol. The molecule has 0 saturated carbocycles. The van der Waals surface area contributed by atoms with Crippen LogP contribution in [0.3, 0.4) is 0 Å². The minimum absolute atomic E-state index is 0.0506. The van der Waals surface area contributed by atoms with E-state index >= 15 is 0 Å². The van der Waals surface area contributed by atoms with E-state index in [1.54, 1.807) is 0 Å². The van der Waals surface area contributed by atoms with E-state index in [-0.39, 0.29) is 29.9 Å². The van der Waals surface area contributed by atoms with Gasteiger partial charge in [0.15, 0.2) is 0 Å². The molecule has 2 heterocycles. The van der Waals surface area contributed by atoms with Gasteiger partial charge in [0.05, 0.1) is 0 Å². The number of nitrogens with zero attached hydrogens (tertiary/aromatic N) is 4. The van der Waals surface area contributed by atoms with Crippen molar-refractivity contribution in [3.8, 4) is 11.1 Å². The van der Waals surface area contributed by atoms with Crippen molar-refractivity contribution < 1.29 is 0 Å². The van der Waals surface area contributed by atoms with Crippen LogP contribution in [0.15, 0.2) is 33.2 Å². The zero-order chi connectivity index (χ0) is 13.7. The summed E-state index contributed by atoms with van der Waals surface area (Å²) in [6.45, 7) is 0. The molecule has 4 aromatic rings. The molecule has 0 N–H and O–H groups in total. The van der Waals surface area contributed by atoms with Crippen LogP contribution in [0.4, 0.5) is 0 Å². The van der Waals surface area contributed by atoms with E-state index in [0.29, 0.717) is 0 Å². The summed E-state index contributed by atoms with van der Waals surface area (Å²) < 4.78 is 20.1. The Kier molecular flexibility index (Phi) is 3.41. The number of aromatic nitrogens is 4. The normalized spacial score (nSPS) is 11.5. The van der Waals surface area contributed by atoms with Crippen LogP contribution in [-0.2, 0) is 0 Å². The van der Waals surface area contributed by atoms with E-state index in [0.717, 1.165) is 42.1 Å². The molecule has 0 bridgehead atoms. The van der Waals surface area contributed by atoms with Crippen LogP contribution < -0.4 is 0 Å². The molecule has 0 amide bonds. The second-order valence-electron chi connectivity index (χ2n) is 4.11. The number of halogens is 2. The topological polar surface area (TPSA) is 51.6 Å². The molecule has 2 aromatic heterocycles. The second-order valence-corrected chi connectivity index (χ2v) is 8.04. The van der Waals surface area contributed by atoms with Crippen molar-refractivity contribution in [2.45, 2.75) is 0 Å². The Bertz CT molecular complexity index is 869. The zero-order valence-corrected chi connectivity index (χ0v) is 16.3. The van der Waals surface area contributed by atoms with E-state index in [2.05, 4.69) is 59.9 Å². The number of hydrogen-bond donors (Lipinski definition) is 0. The summed E-state index contributed by atoms with van der Waals surface area (Å²) in [4.78, 5) is 0. The van der Waals surface area contributed by atoms with Crippen molar-refractivity contribution in [1.82, 2.24) is 15.9 Å². The summed E-state index contributed by atoms with van der Waals surface area (Å²) in [7, 11) is 0. The van der Waals surface area contributed by atoms with Gasteiger partial charge in [0.2, 0.25) is 0 Å². The third kappa shape index (κ3) is 1.98. The van der Waals surface area contributed by atoms with Crippen LogP contribution in [-0.4, -0.2) is 45.8 Å². The molecule has 0 atom stereocenters. The predicted octanol–water partition coefficient (Wildman–Crippen LogP) is 2.88. The van der Waals surface area contributed by atoms with Crippen LogP contribution in [0.2, 0.25) is 0 Å². The zero-order valence-electron chi connectivity index (χ0n) is 9.67. The third-order valence-corrected chi connectivity index (χ3v) is 6.52. The Morgan fingerprint density at radius 3 is 1.45 bits per heavy atom. The summed E-state index contributed by atoms with van der Waals surface area (Å²) in [5.41, 5.74) is 6.04. The third-order valence-electron chi connectivity index (χ3n) is 3.02. The summed E-state index contributed by atoms with van der Waals surface area (Å²) in [5.74, 6) is 0. The molecule has 8 heteroatoms. The monoisotopic (exact) mass is 522 g/mol. The van der Waals surface area contributed by atoms with Gasteiger partial charge in [0.25, 0.3) is 0 Å². The fourth-order valence-electron chi connectivity index (χ4n) is 2.11. The molecule has 0 unspecified atom stereocenters. The Morgan fingerprint density at radius 1 is 0.600 bits per heavy atom. The minimum atomic E-state index is -0.0506. The average molecular weight is 522 g/mol. The molecule has 0 aliphatic carbocycles. The predicted molar refractivity (Wildman–Crippen MR) is 87.4 cm³/mol. The quantitative estimate of drug-likeness (QED) is 0.362. The van der Waals surface area contributed by atoms with Gasteiger partial charge in [-0.15, -0.1) is 0 Å². The summed E-state index contributed by atoms with van der Waals surface area (Å²) in [5, 5.41) is 0. The molecule has 20 heavy (non-hydrogen) atoms. The fraction of sp³-hybridized carbons (Fsp3) is 0. The Hall–Kier alpha value is -0.361. The van der Waals surface area contributed by atoms with Crippen LogP contribution in [0, 0.1) is 0 Å². The van der Waals surface area contributed by atoms with Crippen molar-refractivity contribution in [3.63, 3.8) is 0 Å². The first-order valence-electron chi connectivity index (χ1n) is 5.57. The molecule has 98 valence electrons. The molecular formula is C12H4Br2N4Se2. The summed E-state index contributed by atoms with van der Waals surface area (Å²) >= 11 is 6.97. The molecule has 4 rings (SSSR count). The van der Waals surface area contributed by atoms with E-state index in [1.807, 2.05) is 12.1 Å². The SMILES string of the molecule is Brc1ccc(-c2ccc(Br)c3n[se]nc23)c2n[se]nc12. The maximum atomic E-state index is 4.57. The van der Waals surface area contributed by atoms with Crippen molar-refractivity contribution in [1.29, 1.82) is 0 Å². The Labute approximate surface area is 143 Å². The molecule has 0 radical (unpaired) electrons. The average Bonchev–Trinajstić information content (AvgIpc) is 3.09. The van der Waals surface area contributed by atoms with Crippen molar-refractivity contribution >= 4 is 83.9 Å². The standard InChI is InChI=1S/C12H4Br2N4Se2/c13-7-3-1-5(9-11(7)17-19-15-9)6-2-4-8(14)12-10(6)16-20-18-12/h1-4H. The van der Waals surface area contributed by atoms with E-state index < -0.39 is 0 Å². The first-order chi connectivity index (χ1) is 9.75. The van der Waals surface area contributed by atoms with Gasteiger partial charge in [0, 0.05) is 0 Å². The molecule has 0 saturated heterocycles. The van der Waals surface area contributed by atoms with E-state index in [4.69, 9.17) is 0 Å². The molecule has 0 aliphatic rings. The Balaban J connectivity index is 2.12. The Morgan fingerprint density at radius 2 is 1.00 bits per heavy atom. The molecule has 0 spiro atoms. The van der Waals surface area contributed by atoms with Crippen molar-refractivity contribution in [3.05, 3.63) is 33.2 Å². The molecule has 0 fully saturated rings. The fourth-order valence-corrected chi connectivity index (χ4v) is 5.86. The summed E-state index contributed by atoms with van der Waals surface area (Å²) in [6.07, 6.45) is 0. The number of rotatable bonds is 1. The van der Waals surface area contributed by atoms with E-state index in [1.165, 1.54) is 0 Å². The first kappa shape index (κ1) is 13.3. The van der Waals surface area contributed by atoms with Crippen molar-refractivity contribution in [2.24, 2.45) is 0 Å². The van der Waals surface area contributed by atoms with Crippen LogP contribution >= 0.6 is 31.9 Å². The van der Waals surface area contributed by atoms with Crippen LogP contribution in [0.25, 0.3) is 33.2 Å². The first-order valence-corrected chi connectivity index (χ1v) is 10.2. The van der Waals surface area contributed by atoms with Gasteiger partial charge in [0.1, 0.15) is 0 Å². The van der Waals surface area contributed by atoms with Gasteiger partial charge in [-0.2, -0.15) is 0 Å². The second kappa shape index (κ2) is 5.12. The molecule has 0 aliphatic heterocycles. The molecule has 2 aromatic carbocycles. The van der Waals surface area contributed by atoms with Crippen LogP contribution in [0.5, 0.6) is 0 Å².